The van der Waals surface area contributed by atoms with Gasteiger partial charge in [0.25, 0.3) is 0 Å². The first-order valence-corrected chi connectivity index (χ1v) is 18.5. The summed E-state index contributed by atoms with van der Waals surface area (Å²) in [6, 6.07) is 4.17. The van der Waals surface area contributed by atoms with E-state index >= 15 is 0 Å². The van der Waals surface area contributed by atoms with Crippen LogP contribution in [0.5, 0.6) is 0 Å². The topological polar surface area (TPSA) is 44.8 Å². The summed E-state index contributed by atoms with van der Waals surface area (Å²) in [5.74, 6) is -0.138. The summed E-state index contributed by atoms with van der Waals surface area (Å²) in [4.78, 5) is 12.0. The summed E-state index contributed by atoms with van der Waals surface area (Å²) in [5.41, 5.74) is 0. The van der Waals surface area contributed by atoms with Crippen molar-refractivity contribution < 1.29 is 17.8 Å². The molecule has 0 radical (unpaired) electrons. The molecule has 0 aliphatic rings. The molecular weight excluding hydrogens is 364 g/mol. The minimum absolute atomic E-state index is 0.0356. The third-order valence-corrected chi connectivity index (χ3v) is 17.5. The number of carbonyl (C=O) groups is 1. The Hall–Kier alpha value is 0.0406. The predicted octanol–water partition coefficient (Wildman–Crippen LogP) is 5.91. The van der Waals surface area contributed by atoms with Crippen LogP contribution in [0, 0.1) is 5.92 Å². The average molecular weight is 407 g/mol. The number of ether oxygens (including phenoxy) is 1. The van der Waals surface area contributed by atoms with Crippen LogP contribution in [0.25, 0.3) is 0 Å². The van der Waals surface area contributed by atoms with Crippen molar-refractivity contribution in [1.82, 2.24) is 0 Å². The smallest absolute Gasteiger partial charge is 0.317 e. The van der Waals surface area contributed by atoms with Crippen LogP contribution in [0.2, 0.25) is 50.4 Å². The van der Waals surface area contributed by atoms with Crippen molar-refractivity contribution in [3.63, 3.8) is 0 Å². The number of carbonyl (C=O) groups excluding carboxylic acids is 1. The lowest BCUT2D eigenvalue weighted by atomic mass is 10.1. The van der Waals surface area contributed by atoms with Crippen LogP contribution in [0.15, 0.2) is 0 Å². The molecule has 2 atom stereocenters. The highest BCUT2D eigenvalue weighted by Crippen LogP contribution is 2.31. The summed E-state index contributed by atoms with van der Waals surface area (Å²) in [6.45, 7) is 19.9. The van der Waals surface area contributed by atoms with Crippen molar-refractivity contribution in [1.29, 1.82) is 0 Å². The highest BCUT2D eigenvalue weighted by molar-refractivity contribution is 6.88. The number of esters is 1. The van der Waals surface area contributed by atoms with Crippen LogP contribution in [0.4, 0.5) is 0 Å². The SMILES string of the molecule is CCC[Si](CC)(CC)O[Si](C)(CCOC(=O)C(C)CC)O[Si](C)(C)C. The van der Waals surface area contributed by atoms with E-state index in [1.54, 1.807) is 0 Å². The molecule has 25 heavy (non-hydrogen) atoms. The van der Waals surface area contributed by atoms with Gasteiger partial charge in [-0.05, 0) is 50.7 Å². The molecule has 0 spiro atoms. The highest BCUT2D eigenvalue weighted by Gasteiger charge is 2.44. The van der Waals surface area contributed by atoms with E-state index in [2.05, 4.69) is 47.0 Å². The van der Waals surface area contributed by atoms with Crippen molar-refractivity contribution in [2.24, 2.45) is 5.92 Å². The third-order valence-electron chi connectivity index (χ3n) is 4.76. The lowest BCUT2D eigenvalue weighted by molar-refractivity contribution is -0.147. The largest absolute Gasteiger partial charge is 0.466 e. The molecular formula is C18H42O4Si3. The van der Waals surface area contributed by atoms with Crippen LogP contribution < -0.4 is 0 Å². The zero-order valence-corrected chi connectivity index (χ0v) is 21.2. The van der Waals surface area contributed by atoms with Gasteiger partial charge in [-0.2, -0.15) is 0 Å². The first-order valence-electron chi connectivity index (χ1n) is 10.0. The van der Waals surface area contributed by atoms with E-state index in [9.17, 15) is 4.79 Å². The van der Waals surface area contributed by atoms with Crippen LogP contribution in [0.3, 0.4) is 0 Å². The molecule has 150 valence electrons. The molecule has 2 unspecified atom stereocenters. The van der Waals surface area contributed by atoms with Gasteiger partial charge in [-0.3, -0.25) is 4.79 Å². The number of rotatable bonds is 13. The van der Waals surface area contributed by atoms with Gasteiger partial charge in [0.05, 0.1) is 12.5 Å². The fourth-order valence-corrected chi connectivity index (χ4v) is 17.5. The van der Waals surface area contributed by atoms with Crippen molar-refractivity contribution in [2.45, 2.75) is 97.8 Å². The molecule has 0 amide bonds. The lowest BCUT2D eigenvalue weighted by Gasteiger charge is -2.42. The normalized spacial score (nSPS) is 16.4. The molecule has 0 aromatic heterocycles. The second-order valence-corrected chi connectivity index (χ2v) is 21.2. The Morgan fingerprint density at radius 2 is 1.48 bits per heavy atom. The van der Waals surface area contributed by atoms with Gasteiger partial charge in [0, 0.05) is 6.04 Å². The molecule has 0 saturated heterocycles. The Bertz CT molecular complexity index is 394. The second-order valence-electron chi connectivity index (χ2n) is 8.32. The van der Waals surface area contributed by atoms with Gasteiger partial charge >= 0.3 is 14.5 Å². The molecule has 0 N–H and O–H groups in total. The molecule has 7 heteroatoms. The van der Waals surface area contributed by atoms with Crippen molar-refractivity contribution in [3.8, 4) is 0 Å². The summed E-state index contributed by atoms with van der Waals surface area (Å²) in [6.07, 6.45) is 1.97. The monoisotopic (exact) mass is 406 g/mol. The number of hydrogen-bond acceptors (Lipinski definition) is 4. The van der Waals surface area contributed by atoms with Gasteiger partial charge < -0.3 is 13.0 Å². The van der Waals surface area contributed by atoms with E-state index in [0.717, 1.165) is 31.0 Å². The molecule has 0 aliphatic heterocycles. The first kappa shape index (κ1) is 25.0. The fraction of sp³-hybridized carbons (Fsp3) is 0.944. The Kier molecular flexibility index (Phi) is 11.0. The molecule has 0 rings (SSSR count). The Morgan fingerprint density at radius 1 is 0.920 bits per heavy atom. The Labute approximate surface area is 159 Å². The standard InChI is InChI=1S/C18H42O4Si3/c1-10-15-25(12-3,13-4)22-24(9,21-23(6,7)8)16-14-20-18(19)17(5)11-2/h17H,10-16H2,1-9H3. The first-order chi connectivity index (χ1) is 11.5. The van der Waals surface area contributed by atoms with E-state index in [-0.39, 0.29) is 11.9 Å². The van der Waals surface area contributed by atoms with Crippen LogP contribution in [-0.2, 0) is 17.8 Å². The van der Waals surface area contributed by atoms with Crippen molar-refractivity contribution in [2.75, 3.05) is 6.61 Å². The molecule has 0 fully saturated rings. The summed E-state index contributed by atoms with van der Waals surface area (Å²) < 4.78 is 19.0. The molecule has 0 aromatic rings. The zero-order valence-electron chi connectivity index (χ0n) is 18.2. The van der Waals surface area contributed by atoms with Crippen LogP contribution in [0.1, 0.15) is 47.5 Å². The molecule has 4 nitrogen and oxygen atoms in total. The van der Waals surface area contributed by atoms with E-state index in [4.69, 9.17) is 13.0 Å². The van der Waals surface area contributed by atoms with Crippen LogP contribution >= 0.6 is 0 Å². The highest BCUT2D eigenvalue weighted by atomic mass is 28.5. The summed E-state index contributed by atoms with van der Waals surface area (Å²) in [5, 5.41) is 0. The minimum atomic E-state index is -2.37. The van der Waals surface area contributed by atoms with E-state index in [1.807, 2.05) is 13.8 Å². The molecule has 0 heterocycles. The Morgan fingerprint density at radius 3 is 1.88 bits per heavy atom. The maximum atomic E-state index is 12.0. The molecule has 0 bridgehead atoms. The van der Waals surface area contributed by atoms with Crippen LogP contribution in [-0.4, -0.2) is 37.8 Å². The van der Waals surface area contributed by atoms with E-state index in [1.165, 1.54) is 6.04 Å². The number of hydrogen-bond donors (Lipinski definition) is 0. The van der Waals surface area contributed by atoms with Crippen molar-refractivity contribution >= 4 is 31.2 Å². The third kappa shape index (κ3) is 9.51. The van der Waals surface area contributed by atoms with Gasteiger partial charge in [0.2, 0.25) is 0 Å². The van der Waals surface area contributed by atoms with Crippen molar-refractivity contribution in [3.05, 3.63) is 0 Å². The molecule has 0 aliphatic carbocycles. The Balaban J connectivity index is 5.14. The second kappa shape index (κ2) is 11.0. The van der Waals surface area contributed by atoms with Gasteiger partial charge in [0.15, 0.2) is 16.6 Å². The molecule has 0 aromatic carbocycles. The maximum Gasteiger partial charge on any atom is 0.317 e. The van der Waals surface area contributed by atoms with Gasteiger partial charge in [0.1, 0.15) is 0 Å². The van der Waals surface area contributed by atoms with Gasteiger partial charge in [-0.1, -0.05) is 41.0 Å². The predicted molar refractivity (Wildman–Crippen MR) is 114 cm³/mol. The van der Waals surface area contributed by atoms with Gasteiger partial charge in [-0.25, -0.2) is 0 Å². The zero-order chi connectivity index (χ0) is 19.7. The quantitative estimate of drug-likeness (QED) is 0.282. The minimum Gasteiger partial charge on any atom is -0.466 e. The van der Waals surface area contributed by atoms with E-state index in [0.29, 0.717) is 6.61 Å². The average Bonchev–Trinajstić information content (AvgIpc) is 2.51. The maximum absolute atomic E-state index is 12.0. The van der Waals surface area contributed by atoms with Gasteiger partial charge in [-0.15, -0.1) is 0 Å². The molecule has 0 saturated carbocycles. The fourth-order valence-electron chi connectivity index (χ4n) is 3.13. The summed E-state index contributed by atoms with van der Waals surface area (Å²) >= 11 is 0. The lowest BCUT2D eigenvalue weighted by Crippen LogP contribution is -2.55. The summed E-state index contributed by atoms with van der Waals surface area (Å²) in [7, 11) is -5.86. The van der Waals surface area contributed by atoms with E-state index < -0.39 is 25.2 Å².